The molecule has 0 fully saturated rings. The van der Waals surface area contributed by atoms with Crippen molar-refractivity contribution in [2.45, 2.75) is 32.8 Å². The molecule has 0 saturated carbocycles. The van der Waals surface area contributed by atoms with Crippen molar-refractivity contribution < 1.29 is 5.11 Å². The molecule has 52 valence electrons. The maximum atomic E-state index is 8.82. The molecule has 1 unspecified atom stereocenters. The number of aliphatic hydroxyl groups excluding tert-OH is 1. The first-order valence-electron chi connectivity index (χ1n) is 3.29. The van der Waals surface area contributed by atoms with Gasteiger partial charge in [-0.05, 0) is 20.3 Å². The van der Waals surface area contributed by atoms with Crippen molar-refractivity contribution in [3.05, 3.63) is 18.6 Å². The number of aliphatic hydroxyl groups is 1. The summed E-state index contributed by atoms with van der Waals surface area (Å²) < 4.78 is 0. The van der Waals surface area contributed by atoms with Crippen molar-refractivity contribution in [2.75, 3.05) is 0 Å². The third-order valence-corrected chi connectivity index (χ3v) is 1.08. The van der Waals surface area contributed by atoms with Gasteiger partial charge in [0.2, 0.25) is 0 Å². The molecule has 0 saturated heterocycles. The first-order chi connectivity index (χ1) is 4.13. The van der Waals surface area contributed by atoms with E-state index in [2.05, 4.69) is 6.58 Å². The van der Waals surface area contributed by atoms with Crippen LogP contribution in [0, 0.1) is 6.42 Å². The molecule has 0 aliphatic carbocycles. The zero-order chi connectivity index (χ0) is 7.28. The van der Waals surface area contributed by atoms with Gasteiger partial charge in [-0.15, -0.1) is 0 Å². The summed E-state index contributed by atoms with van der Waals surface area (Å²) in [4.78, 5) is 0. The standard InChI is InChI=1S/C8H15O/c1-7(2)5-4-6-8(3)9/h5,8-9H,1,4,6H2,2-3H3/q+1. The van der Waals surface area contributed by atoms with Crippen molar-refractivity contribution >= 4 is 0 Å². The second-order valence-electron chi connectivity index (χ2n) is 2.48. The van der Waals surface area contributed by atoms with E-state index in [9.17, 15) is 0 Å². The lowest BCUT2D eigenvalue weighted by Gasteiger charge is -1.97. The Labute approximate surface area is 57.4 Å². The summed E-state index contributed by atoms with van der Waals surface area (Å²) in [7, 11) is 0. The van der Waals surface area contributed by atoms with Crippen molar-refractivity contribution in [1.82, 2.24) is 0 Å². The highest BCUT2D eigenvalue weighted by atomic mass is 16.3. The SMILES string of the molecule is C=C(C)[CH+]CCC(C)O. The molecule has 0 aromatic carbocycles. The van der Waals surface area contributed by atoms with Gasteiger partial charge in [0, 0.05) is 19.4 Å². The van der Waals surface area contributed by atoms with Crippen LogP contribution in [-0.4, -0.2) is 11.2 Å². The molecule has 0 radical (unpaired) electrons. The molecule has 1 nitrogen and oxygen atoms in total. The minimum absolute atomic E-state index is 0.180. The molecular weight excluding hydrogens is 112 g/mol. The van der Waals surface area contributed by atoms with Crippen LogP contribution in [0.5, 0.6) is 0 Å². The summed E-state index contributed by atoms with van der Waals surface area (Å²) in [6.07, 6.45) is 3.63. The molecule has 0 spiro atoms. The average Bonchev–Trinajstić information content (AvgIpc) is 1.63. The summed E-state index contributed by atoms with van der Waals surface area (Å²) in [5.41, 5.74) is 1.08. The molecule has 0 bridgehead atoms. The van der Waals surface area contributed by atoms with E-state index in [-0.39, 0.29) is 6.10 Å². The average molecular weight is 127 g/mol. The van der Waals surface area contributed by atoms with Gasteiger partial charge in [-0.2, -0.15) is 0 Å². The Balaban J connectivity index is 3.01. The Morgan fingerprint density at radius 3 is 2.67 bits per heavy atom. The molecule has 0 aliphatic rings. The van der Waals surface area contributed by atoms with Crippen LogP contribution in [0.1, 0.15) is 26.7 Å². The topological polar surface area (TPSA) is 20.2 Å². The Morgan fingerprint density at radius 1 is 1.78 bits per heavy atom. The van der Waals surface area contributed by atoms with E-state index in [4.69, 9.17) is 5.11 Å². The molecule has 0 amide bonds. The predicted molar refractivity (Wildman–Crippen MR) is 40.0 cm³/mol. The lowest BCUT2D eigenvalue weighted by Crippen LogP contribution is -1.98. The van der Waals surface area contributed by atoms with Gasteiger partial charge < -0.3 is 5.11 Å². The zero-order valence-corrected chi connectivity index (χ0v) is 6.22. The third kappa shape index (κ3) is 7.57. The summed E-state index contributed by atoms with van der Waals surface area (Å²) in [6.45, 7) is 7.47. The second kappa shape index (κ2) is 4.45. The third-order valence-electron chi connectivity index (χ3n) is 1.08. The highest BCUT2D eigenvalue weighted by molar-refractivity contribution is 5.03. The largest absolute Gasteiger partial charge is 0.393 e. The van der Waals surface area contributed by atoms with Gasteiger partial charge in [0.25, 0.3) is 0 Å². The predicted octanol–water partition coefficient (Wildman–Crippen LogP) is 1.93. The molecule has 0 heterocycles. The number of hydrogen-bond donors (Lipinski definition) is 1. The Bertz CT molecular complexity index is 84.6. The molecule has 1 heteroatoms. The summed E-state index contributed by atoms with van der Waals surface area (Å²) >= 11 is 0. The van der Waals surface area contributed by atoms with E-state index in [0.29, 0.717) is 0 Å². The van der Waals surface area contributed by atoms with Crippen molar-refractivity contribution in [2.24, 2.45) is 0 Å². The van der Waals surface area contributed by atoms with E-state index < -0.39 is 0 Å². The van der Waals surface area contributed by atoms with Gasteiger partial charge in [0.05, 0.1) is 11.7 Å². The van der Waals surface area contributed by atoms with Crippen LogP contribution in [0.25, 0.3) is 0 Å². The molecule has 0 rings (SSSR count). The zero-order valence-electron chi connectivity index (χ0n) is 6.22. The van der Waals surface area contributed by atoms with Crippen molar-refractivity contribution in [3.63, 3.8) is 0 Å². The van der Waals surface area contributed by atoms with Crippen LogP contribution in [0.3, 0.4) is 0 Å². The minimum Gasteiger partial charge on any atom is -0.393 e. The summed E-state index contributed by atoms with van der Waals surface area (Å²) in [5, 5.41) is 8.82. The maximum absolute atomic E-state index is 8.82. The highest BCUT2D eigenvalue weighted by Gasteiger charge is 1.99. The van der Waals surface area contributed by atoms with Crippen LogP contribution < -0.4 is 0 Å². The summed E-state index contributed by atoms with van der Waals surface area (Å²) in [5.74, 6) is 0. The van der Waals surface area contributed by atoms with Gasteiger partial charge >= 0.3 is 0 Å². The van der Waals surface area contributed by atoms with Crippen LogP contribution in [0.2, 0.25) is 0 Å². The minimum atomic E-state index is -0.180. The Hall–Kier alpha value is -0.430. The van der Waals surface area contributed by atoms with Gasteiger partial charge in [-0.1, -0.05) is 0 Å². The fourth-order valence-corrected chi connectivity index (χ4v) is 0.571. The number of rotatable bonds is 4. The van der Waals surface area contributed by atoms with Gasteiger partial charge in [-0.3, -0.25) is 0 Å². The summed E-state index contributed by atoms with van der Waals surface area (Å²) in [6, 6.07) is 0. The molecule has 0 aromatic rings. The van der Waals surface area contributed by atoms with Crippen LogP contribution in [-0.2, 0) is 0 Å². The van der Waals surface area contributed by atoms with E-state index in [0.717, 1.165) is 18.4 Å². The Morgan fingerprint density at radius 2 is 2.33 bits per heavy atom. The van der Waals surface area contributed by atoms with Crippen molar-refractivity contribution in [1.29, 1.82) is 0 Å². The lowest BCUT2D eigenvalue weighted by molar-refractivity contribution is 0.185. The fraction of sp³-hybridized carbons (Fsp3) is 0.625. The van der Waals surface area contributed by atoms with Crippen molar-refractivity contribution in [3.8, 4) is 0 Å². The van der Waals surface area contributed by atoms with Crippen LogP contribution in [0.4, 0.5) is 0 Å². The Kier molecular flexibility index (Phi) is 4.24. The van der Waals surface area contributed by atoms with E-state index >= 15 is 0 Å². The smallest absolute Gasteiger partial charge is 0.0961 e. The molecule has 1 atom stereocenters. The first-order valence-corrected chi connectivity index (χ1v) is 3.29. The highest BCUT2D eigenvalue weighted by Crippen LogP contribution is 2.04. The normalized spacial score (nSPS) is 12.8. The molecule has 9 heavy (non-hydrogen) atoms. The number of hydrogen-bond acceptors (Lipinski definition) is 1. The molecule has 1 N–H and O–H groups in total. The molecular formula is C8H15O+. The van der Waals surface area contributed by atoms with Gasteiger partial charge in [0.1, 0.15) is 0 Å². The van der Waals surface area contributed by atoms with Gasteiger partial charge in [-0.25, -0.2) is 0 Å². The number of allylic oxidation sites excluding steroid dienone is 1. The van der Waals surface area contributed by atoms with Crippen LogP contribution >= 0.6 is 0 Å². The first kappa shape index (κ1) is 8.57. The van der Waals surface area contributed by atoms with E-state index in [1.165, 1.54) is 0 Å². The maximum Gasteiger partial charge on any atom is 0.0961 e. The fourth-order valence-electron chi connectivity index (χ4n) is 0.571. The quantitative estimate of drug-likeness (QED) is 0.572. The molecule has 0 aromatic heterocycles. The van der Waals surface area contributed by atoms with Gasteiger partial charge in [0.15, 0.2) is 0 Å². The van der Waals surface area contributed by atoms with Crippen LogP contribution in [0.15, 0.2) is 12.2 Å². The lowest BCUT2D eigenvalue weighted by atomic mass is 10.1. The molecule has 0 aliphatic heterocycles. The monoisotopic (exact) mass is 127 g/mol. The second-order valence-corrected chi connectivity index (χ2v) is 2.48. The van der Waals surface area contributed by atoms with E-state index in [1.807, 2.05) is 13.3 Å². The van der Waals surface area contributed by atoms with E-state index in [1.54, 1.807) is 6.92 Å².